The number of aliphatic carboxylic acids is 2. The number of halogens is 3. The number of nitrogens with one attached hydrogen (secondary N) is 5. The molecule has 0 saturated carbocycles. The Morgan fingerprint density at radius 3 is 1.88 bits per heavy atom. The fraction of sp³-hybridized carbons (Fsp3) is 0.433. The molecule has 3 fully saturated rings. The number of aliphatic hydroxyl groups excluding tert-OH is 6. The number of benzene rings is 7. The molecule has 7 aromatic carbocycles. The fourth-order valence-corrected chi connectivity index (χ4v) is 17.5. The minimum Gasteiger partial charge on any atom is -0.508 e. The summed E-state index contributed by atoms with van der Waals surface area (Å²) in [5, 5.41) is 141. The van der Waals surface area contributed by atoms with Gasteiger partial charge in [0.1, 0.15) is 77.4 Å². The summed E-state index contributed by atoms with van der Waals surface area (Å²) in [6.07, 6.45) is -27.9. The average Bonchev–Trinajstić information content (AvgIpc) is 0.760. The quantitative estimate of drug-likeness (QED) is 0.0388. The molecule has 15 rings (SSSR count). The molecule has 22 N–H and O–H groups in total. The number of carboxylic acid groups (broad SMARTS) is 2. The van der Waals surface area contributed by atoms with Gasteiger partial charge in [-0.2, -0.15) is 0 Å². The highest BCUT2D eigenvalue weighted by Crippen LogP contribution is 2.51. The van der Waals surface area contributed by atoms with E-state index in [0.717, 1.165) is 59.7 Å². The van der Waals surface area contributed by atoms with Gasteiger partial charge in [0.25, 0.3) is 0 Å². The first-order valence-corrected chi connectivity index (χ1v) is 42.8. The van der Waals surface area contributed by atoms with Crippen LogP contribution in [0.5, 0.6) is 46.0 Å². The SMILES string of the molecule is CC(C)C[C@@H](N)C(=O)N[C@@H]1C(=O)CC(CC(N)=O)C(=O)NC2C(=O)CC3C(=O)N[C@H](C(=O)NC(C(=O)O)c4cc(O)cc(O)c4-c4cc3ccc4O)[C@H](OC3CC(C)(N)C(O)C(C)O3)c3ccc(c(Cl)c3)Oc3cc2cc(c3OC2OC(CO)C(O)C(O)C2OC2CC(C)(NCC(OCc3ccc(-c4ccc(Cl)cc4)cc3)C(=O)O)C(O)C(C)O2)Oc2ccc(cc2Cl)C1O. The van der Waals surface area contributed by atoms with E-state index in [-0.39, 0.29) is 47.8 Å². The van der Waals surface area contributed by atoms with Crippen LogP contribution in [-0.4, -0.2) is 225 Å². The zero-order valence-electron chi connectivity index (χ0n) is 70.8. The fourth-order valence-electron chi connectivity index (χ4n) is 16.9. The van der Waals surface area contributed by atoms with Crippen molar-refractivity contribution in [3.8, 4) is 68.2 Å². The monoisotopic (exact) mass is 1860 g/mol. The maximum atomic E-state index is 16.7. The molecular formula is C90H101Cl3N8O29. The van der Waals surface area contributed by atoms with Gasteiger partial charge in [-0.15, -0.1) is 0 Å². The van der Waals surface area contributed by atoms with Gasteiger partial charge in [-0.05, 0) is 146 Å². The van der Waals surface area contributed by atoms with Gasteiger partial charge >= 0.3 is 11.9 Å². The summed E-state index contributed by atoms with van der Waals surface area (Å²) >= 11 is 20.8. The molecule has 3 saturated heterocycles. The third-order valence-electron chi connectivity index (χ3n) is 23.9. The first-order chi connectivity index (χ1) is 61.5. The second-order valence-electron chi connectivity index (χ2n) is 34.2. The highest BCUT2D eigenvalue weighted by molar-refractivity contribution is 6.32. The molecule has 5 amide bonds. The smallest absolute Gasteiger partial charge is 0.334 e. The molecule has 7 aromatic rings. The van der Waals surface area contributed by atoms with Crippen molar-refractivity contribution in [3.05, 3.63) is 176 Å². The molecule has 8 heterocycles. The number of primary amides is 1. The summed E-state index contributed by atoms with van der Waals surface area (Å²) in [6.45, 7) is 7.81. The summed E-state index contributed by atoms with van der Waals surface area (Å²) < 4.78 is 58.7. The lowest BCUT2D eigenvalue weighted by Crippen LogP contribution is -2.66. The third kappa shape index (κ3) is 21.5. The van der Waals surface area contributed by atoms with Gasteiger partial charge < -0.3 is 143 Å². The zero-order valence-corrected chi connectivity index (χ0v) is 73.1. The molecule has 8 aliphatic heterocycles. The lowest BCUT2D eigenvalue weighted by atomic mass is 9.84. The number of aliphatic hydroxyl groups is 6. The van der Waals surface area contributed by atoms with E-state index in [2.05, 4.69) is 26.6 Å². The van der Waals surface area contributed by atoms with E-state index in [1.165, 1.54) is 58.0 Å². The van der Waals surface area contributed by atoms with Gasteiger partial charge in [-0.3, -0.25) is 33.6 Å². The van der Waals surface area contributed by atoms with Crippen LogP contribution in [0.2, 0.25) is 15.1 Å². The van der Waals surface area contributed by atoms with Crippen LogP contribution in [0.4, 0.5) is 0 Å². The van der Waals surface area contributed by atoms with Crippen molar-refractivity contribution in [2.45, 2.75) is 220 Å². The number of aromatic hydroxyl groups is 3. The maximum Gasteiger partial charge on any atom is 0.334 e. The molecule has 0 spiro atoms. The topological polar surface area (TPSA) is 597 Å². The molecule has 0 aromatic heterocycles. The number of rotatable bonds is 22. The van der Waals surface area contributed by atoms with Crippen LogP contribution in [-0.2, 0) is 78.2 Å². The number of carboxylic acids is 2. The highest BCUT2D eigenvalue weighted by Gasteiger charge is 2.53. The molecule has 8 aliphatic rings. The Hall–Kier alpha value is -10.8. The van der Waals surface area contributed by atoms with Crippen molar-refractivity contribution in [1.29, 1.82) is 0 Å². The summed E-state index contributed by atoms with van der Waals surface area (Å²) in [5.41, 5.74) is 15.6. The number of carbonyl (C=O) groups is 9. The number of phenolic OH excluding ortho intramolecular Hbond substituents is 3. The van der Waals surface area contributed by atoms with Gasteiger partial charge in [0.05, 0.1) is 65.6 Å². The minimum atomic E-state index is -2.31. The van der Waals surface area contributed by atoms with Gasteiger partial charge in [-0.25, -0.2) is 9.59 Å². The van der Waals surface area contributed by atoms with Crippen LogP contribution >= 0.6 is 34.8 Å². The van der Waals surface area contributed by atoms with Crippen molar-refractivity contribution in [3.63, 3.8) is 0 Å². The predicted octanol–water partition coefficient (Wildman–Crippen LogP) is 5.68. The third-order valence-corrected chi connectivity index (χ3v) is 24.8. The van der Waals surface area contributed by atoms with Crippen LogP contribution in [0.3, 0.4) is 0 Å². The number of ketones is 2. The molecule has 19 unspecified atom stereocenters. The zero-order chi connectivity index (χ0) is 94.1. The second-order valence-corrected chi connectivity index (χ2v) is 35.5. The summed E-state index contributed by atoms with van der Waals surface area (Å²) in [5.74, 6) is -21.1. The van der Waals surface area contributed by atoms with E-state index in [1.54, 1.807) is 38.1 Å². The summed E-state index contributed by atoms with van der Waals surface area (Å²) in [6, 6.07) is 18.3. The molecule has 0 radical (unpaired) electrons. The van der Waals surface area contributed by atoms with E-state index in [4.69, 9.17) is 94.6 Å². The van der Waals surface area contributed by atoms with Crippen molar-refractivity contribution in [2.24, 2.45) is 29.0 Å². The van der Waals surface area contributed by atoms with Crippen molar-refractivity contribution < 1.29 is 142 Å². The number of hydrogen-bond acceptors (Lipinski definition) is 30. The Balaban J connectivity index is 0.986. The van der Waals surface area contributed by atoms with Crippen LogP contribution in [0.1, 0.15) is 144 Å². The summed E-state index contributed by atoms with van der Waals surface area (Å²) in [7, 11) is 0. The normalized spacial score (nSPS) is 29.4. The number of ether oxygens (including phenoxy) is 9. The predicted molar refractivity (Wildman–Crippen MR) is 460 cm³/mol. The molecule has 40 heteroatoms. The van der Waals surface area contributed by atoms with E-state index in [9.17, 15) is 75.3 Å². The van der Waals surface area contributed by atoms with Crippen LogP contribution in [0.15, 0.2) is 127 Å². The lowest BCUT2D eigenvalue weighted by Gasteiger charge is -2.48. The van der Waals surface area contributed by atoms with Gasteiger partial charge in [0.15, 0.2) is 53.9 Å². The van der Waals surface area contributed by atoms with Crippen molar-refractivity contribution >= 4 is 87.8 Å². The second kappa shape index (κ2) is 40.1. The Kier molecular flexibility index (Phi) is 29.9. The standard InChI is InChI=1S/C90H101Cl3N8O29/c1-37(2)21-55(94)84(116)100-72-58(106)25-47(28-66(95)108)82(114)98-70-46-26-62(125-60-19-14-44(74(72)109)23-53(60)92)78(130-88-79(76(111)75(110)65(35-102)127-88)129-68-33-90(6,81(113)39(4)124-68)97-34-64(86(118)119)122-36-40-7-9-41(10-8-40)42-11-16-48(91)17-12-42)63(27-46)126-61-20-15-45(24-54(61)93)77(128-67-32-89(5,96)80(112)38(3)123-67)73-85(117)99-71(87(120)121)52-29-49(103)30-57(105)69(52)51-22-43(13-18-56(51)104)50(31-59(70)107)83(115)101-73/h7-20,22-24,26-27,29-30,37-39,47,50,55,64-65,67-68,70-77,79-81,88,97,102-105,109-113H,21,25,28,31-36,94,96H2,1-6H3,(H2,95,108)(H,98,114)(H,99,117)(H,100,116)(H,101,115)(H,118,119)(H,120,121)/t38?,39?,47?,50?,55-,64?,65?,67?,68?,70?,71?,72-,73+,74?,75?,76?,77-,79?,80?,81?,88?,89?,90?/m1/s1. The number of Topliss-reactive ketones (excluding diaryl/α,β-unsaturated/α-hetero) is 2. The van der Waals surface area contributed by atoms with Gasteiger partial charge in [0, 0.05) is 77.5 Å². The Labute approximate surface area is 758 Å². The molecule has 0 aliphatic carbocycles. The number of fused-ring (bicyclic) bond motifs is 15. The highest BCUT2D eigenvalue weighted by atomic mass is 35.5. The van der Waals surface area contributed by atoms with Gasteiger partial charge in [0.2, 0.25) is 41.6 Å². The molecule has 11 bridgehead atoms. The van der Waals surface area contributed by atoms with Crippen LogP contribution in [0.25, 0.3) is 22.3 Å². The van der Waals surface area contributed by atoms with Crippen molar-refractivity contribution in [1.82, 2.24) is 26.6 Å². The van der Waals surface area contributed by atoms with Crippen LogP contribution < -0.4 is 58.0 Å². The van der Waals surface area contributed by atoms with E-state index >= 15 is 24.0 Å². The number of nitrogens with two attached hydrogens (primary N) is 3. The first kappa shape index (κ1) is 96.8. The lowest BCUT2D eigenvalue weighted by molar-refractivity contribution is -0.334. The molecular weight excluding hydrogens is 1760 g/mol. The molecule has 23 atom stereocenters. The maximum absolute atomic E-state index is 16.7. The first-order valence-electron chi connectivity index (χ1n) is 41.7. The molecule has 696 valence electrons. The number of phenols is 3. The van der Waals surface area contributed by atoms with E-state index in [0.29, 0.717) is 10.6 Å². The Bertz CT molecular complexity index is 5440. The van der Waals surface area contributed by atoms with E-state index < -0.39 is 304 Å². The Morgan fingerprint density at radius 1 is 0.654 bits per heavy atom. The van der Waals surface area contributed by atoms with Crippen LogP contribution in [0, 0.1) is 11.8 Å². The summed E-state index contributed by atoms with van der Waals surface area (Å²) in [4.78, 5) is 134. The number of hydrogen-bond donors (Lipinski definition) is 19. The average molecular weight is 1870 g/mol. The number of amides is 5. The number of carbonyl (C=O) groups excluding carboxylic acids is 7. The van der Waals surface area contributed by atoms with E-state index in [1.807, 2.05) is 24.3 Å². The van der Waals surface area contributed by atoms with Gasteiger partial charge in [-0.1, -0.05) is 103 Å². The minimum absolute atomic E-state index is 0.0663. The molecule has 37 nitrogen and oxygen atoms in total. The molecule has 130 heavy (non-hydrogen) atoms. The largest absolute Gasteiger partial charge is 0.508 e. The van der Waals surface area contributed by atoms with Crippen molar-refractivity contribution in [2.75, 3.05) is 13.2 Å². The Morgan fingerprint density at radius 2 is 1.27 bits per heavy atom.